The molecule has 4 rings (SSSR count). The summed E-state index contributed by atoms with van der Waals surface area (Å²) in [6, 6.07) is 5.32. The minimum absolute atomic E-state index is 0.0255. The van der Waals surface area contributed by atoms with Gasteiger partial charge in [-0.05, 0) is 42.1 Å². The third kappa shape index (κ3) is 4.14. The number of imide groups is 1. The van der Waals surface area contributed by atoms with Crippen LogP contribution in [0.4, 0.5) is 8.78 Å². The summed E-state index contributed by atoms with van der Waals surface area (Å²) in [5.74, 6) is -8.92. The van der Waals surface area contributed by atoms with E-state index in [4.69, 9.17) is 18.5 Å². The molecule has 32 heavy (non-hydrogen) atoms. The fourth-order valence-electron chi connectivity index (χ4n) is 3.41. The number of nitrogens with zero attached hydrogens (tertiary/aromatic N) is 1. The van der Waals surface area contributed by atoms with E-state index >= 15 is 0 Å². The van der Waals surface area contributed by atoms with Crippen molar-refractivity contribution in [2.45, 2.75) is 44.1 Å². The number of nitrogens with one attached hydrogen (secondary N) is 1. The number of halogens is 3. The van der Waals surface area contributed by atoms with Gasteiger partial charge >= 0.3 is 5.92 Å². The van der Waals surface area contributed by atoms with Gasteiger partial charge in [-0.3, -0.25) is 24.5 Å². The van der Waals surface area contributed by atoms with Gasteiger partial charge in [0, 0.05) is 41.0 Å². The van der Waals surface area contributed by atoms with E-state index in [1.807, 2.05) is 0 Å². The molecule has 0 saturated carbocycles. The van der Waals surface area contributed by atoms with Crippen LogP contribution in [0.15, 0.2) is 42.5 Å². The summed E-state index contributed by atoms with van der Waals surface area (Å²) >= 11 is 5.70. The molecule has 0 aliphatic carbocycles. The number of carbonyl (C=O) groups excluding carboxylic acids is 4. The van der Waals surface area contributed by atoms with Crippen LogP contribution in [0.25, 0.3) is 0 Å². The molecule has 0 aromatic heterocycles. The fourth-order valence-corrected chi connectivity index (χ4v) is 3.54. The largest absolute Gasteiger partial charge is 0.330 e. The number of ketones is 1. The maximum Gasteiger partial charge on any atom is 0.330 e. The molecule has 3 amide bonds. The van der Waals surface area contributed by atoms with Crippen LogP contribution in [0.5, 0.6) is 0 Å². The number of benzene rings is 2. The quantitative estimate of drug-likeness (QED) is 0.663. The number of aryl methyl sites for hydroxylation is 1. The van der Waals surface area contributed by atoms with Gasteiger partial charge in [-0.1, -0.05) is 35.9 Å². The first-order valence-corrected chi connectivity index (χ1v) is 9.82. The summed E-state index contributed by atoms with van der Waals surface area (Å²) in [7, 11) is 0. The Labute approximate surface area is 194 Å². The van der Waals surface area contributed by atoms with Gasteiger partial charge < -0.3 is 4.90 Å². The maximum atomic E-state index is 14.6. The van der Waals surface area contributed by atoms with Gasteiger partial charge in [0.2, 0.25) is 17.6 Å². The zero-order valence-electron chi connectivity index (χ0n) is 21.3. The van der Waals surface area contributed by atoms with Crippen molar-refractivity contribution in [2.75, 3.05) is 0 Å². The van der Waals surface area contributed by atoms with Crippen LogP contribution < -0.4 is 5.32 Å². The average molecular weight is 466 g/mol. The summed E-state index contributed by atoms with van der Waals surface area (Å²) in [5.41, 5.74) is -0.318. The first-order valence-electron chi connectivity index (χ1n) is 12.1. The highest BCUT2D eigenvalue weighted by atomic mass is 35.5. The third-order valence-corrected chi connectivity index (χ3v) is 5.33. The Balaban J connectivity index is 1.57. The second-order valence-corrected chi connectivity index (χ2v) is 7.61. The molecule has 166 valence electrons. The highest BCUT2D eigenvalue weighted by Crippen LogP contribution is 2.32. The lowest BCUT2D eigenvalue weighted by molar-refractivity contribution is -0.144. The number of amides is 3. The second-order valence-electron chi connectivity index (χ2n) is 7.18. The molecule has 9 heteroatoms. The van der Waals surface area contributed by atoms with E-state index in [0.717, 1.165) is 12.1 Å². The van der Waals surface area contributed by atoms with Crippen molar-refractivity contribution in [3.63, 3.8) is 0 Å². The Morgan fingerprint density at radius 3 is 2.69 bits per heavy atom. The molecule has 1 fully saturated rings. The van der Waals surface area contributed by atoms with Gasteiger partial charge in [0.15, 0.2) is 0 Å². The van der Waals surface area contributed by atoms with Gasteiger partial charge in [-0.15, -0.1) is 0 Å². The molecule has 0 spiro atoms. The monoisotopic (exact) mass is 465 g/mol. The van der Waals surface area contributed by atoms with Crippen molar-refractivity contribution in [3.05, 3.63) is 69.7 Å². The summed E-state index contributed by atoms with van der Waals surface area (Å²) in [4.78, 5) is 50.2. The standard InChI is InChI=1S/C23H19ClF2N2O4/c24-16-5-3-15(4-6-16)23(25,26)19(29)9-2-13-1-7-17-14(11-13)12-28(22(17)32)18-8-10-20(30)27-21(18)31/h1,3-7,11,18H,2,8-10,12H2,(H,27,30,31)/t18-/m0/s1/i2D,8D2,10D,18D/t2?,10?,18-. The Morgan fingerprint density at radius 1 is 1.25 bits per heavy atom. The Bertz CT molecular complexity index is 1330. The van der Waals surface area contributed by atoms with Crippen LogP contribution in [0.3, 0.4) is 0 Å². The van der Waals surface area contributed by atoms with Crippen molar-refractivity contribution in [2.24, 2.45) is 0 Å². The van der Waals surface area contributed by atoms with Gasteiger partial charge in [0.25, 0.3) is 5.91 Å². The lowest BCUT2D eigenvalue weighted by atomic mass is 9.97. The number of piperidine rings is 1. The molecule has 1 saturated heterocycles. The number of alkyl halides is 2. The summed E-state index contributed by atoms with van der Waals surface area (Å²) in [6.45, 7) is -0.471. The van der Waals surface area contributed by atoms with Gasteiger partial charge in [0.1, 0.15) is 6.02 Å². The molecule has 2 aliphatic rings. The van der Waals surface area contributed by atoms with Crippen LogP contribution in [0, 0.1) is 0 Å². The van der Waals surface area contributed by atoms with Crippen molar-refractivity contribution >= 4 is 35.1 Å². The van der Waals surface area contributed by atoms with Crippen molar-refractivity contribution < 1.29 is 34.8 Å². The van der Waals surface area contributed by atoms with Gasteiger partial charge in [-0.2, -0.15) is 8.78 Å². The number of carbonyl (C=O) groups is 4. The summed E-state index contributed by atoms with van der Waals surface area (Å²) < 4.78 is 70.0. The molecule has 1 N–H and O–H groups in total. The first kappa shape index (κ1) is 16.5. The van der Waals surface area contributed by atoms with E-state index in [1.54, 1.807) is 5.32 Å². The van der Waals surface area contributed by atoms with E-state index in [9.17, 15) is 28.0 Å². The van der Waals surface area contributed by atoms with Crippen molar-refractivity contribution in [1.29, 1.82) is 0 Å². The number of Topliss-reactive ketones (excluding diaryl/α,β-unsaturated/α-hetero) is 1. The topological polar surface area (TPSA) is 83.6 Å². The van der Waals surface area contributed by atoms with E-state index in [-0.39, 0.29) is 21.7 Å². The molecule has 0 bridgehead atoms. The van der Waals surface area contributed by atoms with Crippen molar-refractivity contribution in [3.8, 4) is 0 Å². The number of hydrogen-bond donors (Lipinski definition) is 1. The third-order valence-electron chi connectivity index (χ3n) is 5.08. The van der Waals surface area contributed by atoms with Crippen LogP contribution in [0.1, 0.15) is 53.1 Å². The van der Waals surface area contributed by atoms with E-state index < -0.39 is 73.1 Å². The molecule has 0 radical (unpaired) electrons. The maximum absolute atomic E-state index is 14.6. The lowest BCUT2D eigenvalue weighted by Crippen LogP contribution is -2.52. The highest BCUT2D eigenvalue weighted by molar-refractivity contribution is 6.30. The number of rotatable bonds is 6. The Hall–Kier alpha value is -3.13. The predicted molar refractivity (Wildman–Crippen MR) is 111 cm³/mol. The molecule has 6 nitrogen and oxygen atoms in total. The lowest BCUT2D eigenvalue weighted by Gasteiger charge is -2.29. The molecule has 2 heterocycles. The molecule has 2 aliphatic heterocycles. The normalized spacial score (nSPS) is 28.0. The molecular weight excluding hydrogens is 442 g/mol. The van der Waals surface area contributed by atoms with Crippen LogP contribution in [-0.4, -0.2) is 34.4 Å². The molecule has 2 aromatic carbocycles. The zero-order chi connectivity index (χ0) is 27.5. The molecule has 2 unspecified atom stereocenters. The average Bonchev–Trinajstić information content (AvgIpc) is 3.18. The number of fused-ring (bicyclic) bond motifs is 1. The fraction of sp³-hybridized carbons (Fsp3) is 0.304. The van der Waals surface area contributed by atoms with Crippen LogP contribution in [-0.2, 0) is 33.2 Å². The molecule has 3 atom stereocenters. The minimum atomic E-state index is -3.87. The molecule has 2 aromatic rings. The van der Waals surface area contributed by atoms with E-state index in [0.29, 0.717) is 4.90 Å². The Morgan fingerprint density at radius 2 is 1.97 bits per heavy atom. The smallest absolute Gasteiger partial charge is 0.322 e. The number of hydrogen-bond acceptors (Lipinski definition) is 4. The van der Waals surface area contributed by atoms with Gasteiger partial charge in [-0.25, -0.2) is 0 Å². The predicted octanol–water partition coefficient (Wildman–Crippen LogP) is 3.39. The van der Waals surface area contributed by atoms with Crippen molar-refractivity contribution in [1.82, 2.24) is 10.2 Å². The summed E-state index contributed by atoms with van der Waals surface area (Å²) in [6.07, 6.45) is -7.50. The van der Waals surface area contributed by atoms with Gasteiger partial charge in [0.05, 0.1) is 1.37 Å². The van der Waals surface area contributed by atoms with E-state index in [1.165, 1.54) is 30.3 Å². The second kappa shape index (κ2) is 8.43. The van der Waals surface area contributed by atoms with E-state index in [2.05, 4.69) is 0 Å². The molecular formula is C23H19ClF2N2O4. The zero-order valence-corrected chi connectivity index (χ0v) is 17.1. The van der Waals surface area contributed by atoms with Crippen LogP contribution in [0.2, 0.25) is 5.02 Å². The highest BCUT2D eigenvalue weighted by Gasteiger charge is 2.41. The SMILES string of the molecule is [2H]C(CC(=O)C(F)(F)c1ccc(Cl)cc1)c1ccc2c(c1)CN([C@]1([2H])C(=O)NC(=O)C([2H])C1([2H])[2H])C2=O. The summed E-state index contributed by atoms with van der Waals surface area (Å²) in [5, 5.41) is 1.96. The first-order chi connectivity index (χ1) is 17.1. The van der Waals surface area contributed by atoms with Crippen LogP contribution >= 0.6 is 11.6 Å². The Kier molecular flexibility index (Phi) is 4.34. The minimum Gasteiger partial charge on any atom is -0.322 e.